The number of nitrogens with zero attached hydrogens (tertiary/aromatic N) is 1. The number of hydrogen-bond acceptors (Lipinski definition) is 4. The van der Waals surface area contributed by atoms with Crippen LogP contribution in [-0.2, 0) is 4.79 Å². The Hall–Kier alpha value is -2.28. The van der Waals surface area contributed by atoms with E-state index in [0.29, 0.717) is 18.0 Å². The average Bonchev–Trinajstić information content (AvgIpc) is 2.42. The van der Waals surface area contributed by atoms with Gasteiger partial charge in [0.05, 0.1) is 0 Å². The second kappa shape index (κ2) is 8.11. The van der Waals surface area contributed by atoms with Gasteiger partial charge in [0.2, 0.25) is 0 Å². The largest absolute Gasteiger partial charge is 0.482 e. The molecule has 1 aromatic carbocycles. The number of carboxylic acids is 1. The van der Waals surface area contributed by atoms with Crippen LogP contribution >= 0.6 is 0 Å². The molecule has 0 aliphatic rings. The highest BCUT2D eigenvalue weighted by atomic mass is 16.5. The van der Waals surface area contributed by atoms with Crippen molar-refractivity contribution in [3.63, 3.8) is 0 Å². The Morgan fingerprint density at radius 3 is 2.71 bits per heavy atom. The molecule has 0 radical (unpaired) electrons. The van der Waals surface area contributed by atoms with Crippen LogP contribution in [0.4, 0.5) is 10.5 Å². The summed E-state index contributed by atoms with van der Waals surface area (Å²) in [7, 11) is 3.88. The monoisotopic (exact) mass is 295 g/mol. The van der Waals surface area contributed by atoms with E-state index in [2.05, 4.69) is 10.6 Å². The number of carbonyl (C=O) groups is 2. The lowest BCUT2D eigenvalue weighted by Gasteiger charge is -2.20. The Morgan fingerprint density at radius 1 is 1.38 bits per heavy atom. The summed E-state index contributed by atoms with van der Waals surface area (Å²) in [6.07, 6.45) is 0. The van der Waals surface area contributed by atoms with Crippen LogP contribution < -0.4 is 15.4 Å². The van der Waals surface area contributed by atoms with E-state index in [9.17, 15) is 9.59 Å². The molecule has 0 bridgehead atoms. The Labute approximate surface area is 123 Å². The van der Waals surface area contributed by atoms with Gasteiger partial charge in [0.25, 0.3) is 0 Å². The zero-order chi connectivity index (χ0) is 15.8. The zero-order valence-electron chi connectivity index (χ0n) is 12.4. The van der Waals surface area contributed by atoms with Gasteiger partial charge in [-0.05, 0) is 33.2 Å². The molecule has 1 rings (SSSR count). The van der Waals surface area contributed by atoms with Crippen molar-refractivity contribution in [3.05, 3.63) is 24.3 Å². The van der Waals surface area contributed by atoms with Crippen LogP contribution in [0.1, 0.15) is 6.92 Å². The first-order chi connectivity index (χ1) is 9.88. The van der Waals surface area contributed by atoms with Crippen LogP contribution in [0.2, 0.25) is 0 Å². The molecule has 0 fully saturated rings. The van der Waals surface area contributed by atoms with Crippen LogP contribution in [0.5, 0.6) is 5.75 Å². The van der Waals surface area contributed by atoms with Crippen LogP contribution in [-0.4, -0.2) is 55.3 Å². The number of hydrogen-bond donors (Lipinski definition) is 3. The topological polar surface area (TPSA) is 90.9 Å². The van der Waals surface area contributed by atoms with Crippen LogP contribution in [0.3, 0.4) is 0 Å². The standard InChI is InChI=1S/C14H21N3O4/c1-10(17(2)3)8-15-14(20)16-11-5-4-6-12(7-11)21-9-13(18)19/h4-7,10H,8-9H2,1-3H3,(H,18,19)(H2,15,16,20). The highest BCUT2D eigenvalue weighted by Crippen LogP contribution is 2.17. The van der Waals surface area contributed by atoms with Gasteiger partial charge in [0.15, 0.2) is 6.61 Å². The number of carboxylic acid groups (broad SMARTS) is 1. The highest BCUT2D eigenvalue weighted by molar-refractivity contribution is 5.89. The molecular weight excluding hydrogens is 274 g/mol. The van der Waals surface area contributed by atoms with Crippen molar-refractivity contribution in [2.24, 2.45) is 0 Å². The van der Waals surface area contributed by atoms with Crippen molar-refractivity contribution < 1.29 is 19.4 Å². The molecule has 0 aromatic heterocycles. The van der Waals surface area contributed by atoms with Crippen molar-refractivity contribution in [2.45, 2.75) is 13.0 Å². The first kappa shape index (κ1) is 16.8. The number of amides is 2. The summed E-state index contributed by atoms with van der Waals surface area (Å²) in [5, 5.41) is 14.0. The van der Waals surface area contributed by atoms with E-state index >= 15 is 0 Å². The lowest BCUT2D eigenvalue weighted by atomic mass is 10.3. The second-order valence-electron chi connectivity index (χ2n) is 4.86. The minimum Gasteiger partial charge on any atom is -0.482 e. The van der Waals surface area contributed by atoms with Gasteiger partial charge in [0, 0.05) is 24.3 Å². The van der Waals surface area contributed by atoms with Crippen molar-refractivity contribution in [3.8, 4) is 5.75 Å². The predicted octanol–water partition coefficient (Wildman–Crippen LogP) is 1.22. The van der Waals surface area contributed by atoms with Gasteiger partial charge >= 0.3 is 12.0 Å². The normalized spacial score (nSPS) is 11.8. The SMILES string of the molecule is CC(CNC(=O)Nc1cccc(OCC(=O)O)c1)N(C)C. The van der Waals surface area contributed by atoms with Gasteiger partial charge in [-0.15, -0.1) is 0 Å². The maximum absolute atomic E-state index is 11.7. The third-order valence-electron chi connectivity index (χ3n) is 2.89. The summed E-state index contributed by atoms with van der Waals surface area (Å²) in [4.78, 5) is 24.2. The first-order valence-corrected chi connectivity index (χ1v) is 6.54. The summed E-state index contributed by atoms with van der Waals surface area (Å²) >= 11 is 0. The molecule has 116 valence electrons. The van der Waals surface area contributed by atoms with Crippen LogP contribution in [0.15, 0.2) is 24.3 Å². The van der Waals surface area contributed by atoms with E-state index < -0.39 is 12.6 Å². The summed E-state index contributed by atoms with van der Waals surface area (Å²) in [6.45, 7) is 2.10. The van der Waals surface area contributed by atoms with E-state index in [-0.39, 0.29) is 12.1 Å². The number of nitrogens with one attached hydrogen (secondary N) is 2. The molecule has 0 aliphatic heterocycles. The third-order valence-corrected chi connectivity index (χ3v) is 2.89. The van der Waals surface area contributed by atoms with Crippen molar-refractivity contribution in [2.75, 3.05) is 32.6 Å². The molecule has 0 saturated heterocycles. The van der Waals surface area contributed by atoms with Crippen LogP contribution in [0.25, 0.3) is 0 Å². The predicted molar refractivity (Wildman–Crippen MR) is 79.7 cm³/mol. The Balaban J connectivity index is 2.48. The summed E-state index contributed by atoms with van der Waals surface area (Å²) in [5.74, 6) is -0.666. The quantitative estimate of drug-likeness (QED) is 0.703. The Morgan fingerprint density at radius 2 is 2.10 bits per heavy atom. The number of rotatable bonds is 7. The maximum atomic E-state index is 11.7. The fourth-order valence-electron chi connectivity index (χ4n) is 1.41. The first-order valence-electron chi connectivity index (χ1n) is 6.54. The van der Waals surface area contributed by atoms with E-state index in [1.807, 2.05) is 25.9 Å². The average molecular weight is 295 g/mol. The molecule has 0 spiro atoms. The summed E-state index contributed by atoms with van der Waals surface area (Å²) in [6, 6.07) is 6.47. The Bertz CT molecular complexity index is 491. The third kappa shape index (κ3) is 6.62. The van der Waals surface area contributed by atoms with Gasteiger partial charge in [-0.1, -0.05) is 6.07 Å². The molecule has 0 aliphatic carbocycles. The number of ether oxygens (including phenoxy) is 1. The van der Waals surface area contributed by atoms with Gasteiger partial charge in [-0.2, -0.15) is 0 Å². The number of anilines is 1. The van der Waals surface area contributed by atoms with Gasteiger partial charge < -0.3 is 25.4 Å². The van der Waals surface area contributed by atoms with Gasteiger partial charge in [-0.3, -0.25) is 0 Å². The van der Waals surface area contributed by atoms with Crippen LogP contribution in [0, 0.1) is 0 Å². The molecule has 0 saturated carbocycles. The van der Waals surface area contributed by atoms with Crippen molar-refractivity contribution in [1.29, 1.82) is 0 Å². The van der Waals surface area contributed by atoms with Gasteiger partial charge in [-0.25, -0.2) is 9.59 Å². The number of likely N-dealkylation sites (N-methyl/N-ethyl adjacent to an activating group) is 1. The Kier molecular flexibility index (Phi) is 6.48. The molecule has 1 atom stereocenters. The lowest BCUT2D eigenvalue weighted by molar-refractivity contribution is -0.139. The van der Waals surface area contributed by atoms with E-state index in [1.54, 1.807) is 24.3 Å². The lowest BCUT2D eigenvalue weighted by Crippen LogP contribution is -2.40. The number of aliphatic carboxylic acids is 1. The summed E-state index contributed by atoms with van der Waals surface area (Å²) in [5.41, 5.74) is 0.535. The van der Waals surface area contributed by atoms with E-state index in [0.717, 1.165) is 0 Å². The molecule has 1 unspecified atom stereocenters. The molecule has 7 nitrogen and oxygen atoms in total. The minimum absolute atomic E-state index is 0.223. The molecule has 2 amide bonds. The smallest absolute Gasteiger partial charge is 0.341 e. The number of carbonyl (C=O) groups excluding carboxylic acids is 1. The molecule has 0 heterocycles. The molecular formula is C14H21N3O4. The number of benzene rings is 1. The van der Waals surface area contributed by atoms with Crippen molar-refractivity contribution in [1.82, 2.24) is 10.2 Å². The molecule has 21 heavy (non-hydrogen) atoms. The fraction of sp³-hybridized carbons (Fsp3) is 0.429. The fourth-order valence-corrected chi connectivity index (χ4v) is 1.41. The van der Waals surface area contributed by atoms with Crippen molar-refractivity contribution >= 4 is 17.7 Å². The number of urea groups is 1. The van der Waals surface area contributed by atoms with E-state index in [1.165, 1.54) is 0 Å². The minimum atomic E-state index is -1.05. The molecule has 1 aromatic rings. The van der Waals surface area contributed by atoms with E-state index in [4.69, 9.17) is 9.84 Å². The molecule has 7 heteroatoms. The second-order valence-corrected chi connectivity index (χ2v) is 4.86. The molecule has 3 N–H and O–H groups in total. The van der Waals surface area contributed by atoms with Gasteiger partial charge in [0.1, 0.15) is 5.75 Å². The zero-order valence-corrected chi connectivity index (χ0v) is 12.4. The maximum Gasteiger partial charge on any atom is 0.341 e. The highest BCUT2D eigenvalue weighted by Gasteiger charge is 2.08. The summed E-state index contributed by atoms with van der Waals surface area (Å²) < 4.78 is 5.04.